The number of rotatable bonds is 6. The van der Waals surface area contributed by atoms with Crippen molar-refractivity contribution in [2.75, 3.05) is 18.4 Å². The summed E-state index contributed by atoms with van der Waals surface area (Å²) in [5.41, 5.74) is 2.61. The molecular weight excluding hydrogens is 324 g/mol. The molecule has 5 heteroatoms. The van der Waals surface area contributed by atoms with Crippen LogP contribution in [0.25, 0.3) is 0 Å². The molecule has 1 N–H and O–H groups in total. The van der Waals surface area contributed by atoms with Gasteiger partial charge in [-0.15, -0.1) is 0 Å². The highest BCUT2D eigenvalue weighted by atomic mass is 35.5. The molecule has 0 saturated carbocycles. The van der Waals surface area contributed by atoms with Crippen molar-refractivity contribution in [3.8, 4) is 0 Å². The fourth-order valence-corrected chi connectivity index (χ4v) is 2.54. The second-order valence-electron chi connectivity index (χ2n) is 5.64. The average molecular weight is 345 g/mol. The summed E-state index contributed by atoms with van der Waals surface area (Å²) >= 11 is 6.06. The molecule has 2 aromatic carbocycles. The number of nitrogens with zero attached hydrogens (tertiary/aromatic N) is 1. The molecule has 0 atom stereocenters. The molecule has 0 aromatic heterocycles. The number of anilines is 1. The molecule has 126 valence electrons. The lowest BCUT2D eigenvalue weighted by Crippen LogP contribution is -2.38. The molecule has 0 saturated heterocycles. The maximum atomic E-state index is 12.3. The van der Waals surface area contributed by atoms with Crippen molar-refractivity contribution in [2.24, 2.45) is 0 Å². The second-order valence-corrected chi connectivity index (χ2v) is 6.04. The first-order valence-corrected chi connectivity index (χ1v) is 8.19. The summed E-state index contributed by atoms with van der Waals surface area (Å²) in [4.78, 5) is 25.6. The molecule has 0 unspecified atom stereocenters. The van der Waals surface area contributed by atoms with Gasteiger partial charge in [-0.3, -0.25) is 9.59 Å². The Balaban J connectivity index is 1.95. The smallest absolute Gasteiger partial charge is 0.244 e. The molecule has 0 heterocycles. The molecular formula is C19H21ClN2O2. The van der Waals surface area contributed by atoms with Gasteiger partial charge in [-0.1, -0.05) is 48.0 Å². The van der Waals surface area contributed by atoms with E-state index in [9.17, 15) is 9.59 Å². The summed E-state index contributed by atoms with van der Waals surface area (Å²) < 4.78 is 0. The minimum absolute atomic E-state index is 0.0219. The molecule has 2 amide bonds. The Labute approximate surface area is 147 Å². The molecule has 0 aliphatic rings. The Kier molecular flexibility index (Phi) is 6.38. The zero-order chi connectivity index (χ0) is 17.5. The van der Waals surface area contributed by atoms with E-state index >= 15 is 0 Å². The fourth-order valence-electron chi connectivity index (χ4n) is 2.36. The maximum Gasteiger partial charge on any atom is 0.244 e. The van der Waals surface area contributed by atoms with E-state index in [2.05, 4.69) is 5.32 Å². The van der Waals surface area contributed by atoms with Crippen molar-refractivity contribution >= 4 is 29.1 Å². The predicted octanol–water partition coefficient (Wildman–Crippen LogP) is 3.68. The van der Waals surface area contributed by atoms with Crippen molar-refractivity contribution < 1.29 is 9.59 Å². The third-order valence-corrected chi connectivity index (χ3v) is 4.24. The summed E-state index contributed by atoms with van der Waals surface area (Å²) in [6.07, 6.45) is 0.712. The van der Waals surface area contributed by atoms with Gasteiger partial charge in [0.1, 0.15) is 0 Å². The fraction of sp³-hybridized carbons (Fsp3) is 0.263. The first-order valence-electron chi connectivity index (χ1n) is 7.82. The Hall–Kier alpha value is -2.33. The molecule has 0 fully saturated rings. The highest BCUT2D eigenvalue weighted by molar-refractivity contribution is 6.31. The molecule has 24 heavy (non-hydrogen) atoms. The van der Waals surface area contributed by atoms with Gasteiger partial charge in [0.05, 0.1) is 6.54 Å². The van der Waals surface area contributed by atoms with Crippen LogP contribution in [-0.4, -0.2) is 29.8 Å². The zero-order valence-electron chi connectivity index (χ0n) is 13.9. The lowest BCUT2D eigenvalue weighted by molar-refractivity contribution is -0.132. The number of benzene rings is 2. The van der Waals surface area contributed by atoms with Crippen LogP contribution in [-0.2, 0) is 16.0 Å². The van der Waals surface area contributed by atoms with Crippen LogP contribution in [0, 0.1) is 6.92 Å². The minimum atomic E-state index is -0.233. The summed E-state index contributed by atoms with van der Waals surface area (Å²) in [6.45, 7) is 3.84. The monoisotopic (exact) mass is 344 g/mol. The third kappa shape index (κ3) is 5.10. The van der Waals surface area contributed by atoms with Gasteiger partial charge >= 0.3 is 0 Å². The summed E-state index contributed by atoms with van der Waals surface area (Å²) in [5, 5.41) is 3.41. The van der Waals surface area contributed by atoms with Crippen LogP contribution < -0.4 is 5.32 Å². The van der Waals surface area contributed by atoms with Crippen LogP contribution >= 0.6 is 11.6 Å². The van der Waals surface area contributed by atoms with E-state index in [0.29, 0.717) is 23.7 Å². The highest BCUT2D eigenvalue weighted by Crippen LogP contribution is 2.22. The lowest BCUT2D eigenvalue weighted by Gasteiger charge is -2.21. The van der Waals surface area contributed by atoms with E-state index in [1.807, 2.05) is 37.3 Å². The first kappa shape index (κ1) is 18.0. The number of hydrogen-bond donors (Lipinski definition) is 1. The maximum absolute atomic E-state index is 12.3. The van der Waals surface area contributed by atoms with E-state index < -0.39 is 0 Å². The predicted molar refractivity (Wildman–Crippen MR) is 97.2 cm³/mol. The second kappa shape index (κ2) is 8.50. The SMILES string of the molecule is CC(=O)N(CCc1ccccc1)CC(=O)Nc1cccc(Cl)c1C. The van der Waals surface area contributed by atoms with Crippen LogP contribution in [0.5, 0.6) is 0 Å². The molecule has 2 rings (SSSR count). The van der Waals surface area contributed by atoms with Gasteiger partial charge in [0.15, 0.2) is 0 Å². The number of nitrogens with one attached hydrogen (secondary N) is 1. The van der Waals surface area contributed by atoms with Crippen molar-refractivity contribution in [1.82, 2.24) is 4.90 Å². The van der Waals surface area contributed by atoms with Gasteiger partial charge in [-0.25, -0.2) is 0 Å². The van der Waals surface area contributed by atoms with Crippen LogP contribution in [0.4, 0.5) is 5.69 Å². The van der Waals surface area contributed by atoms with Crippen LogP contribution in [0.1, 0.15) is 18.1 Å². The third-order valence-electron chi connectivity index (χ3n) is 3.83. The highest BCUT2D eigenvalue weighted by Gasteiger charge is 2.14. The summed E-state index contributed by atoms with van der Waals surface area (Å²) in [6, 6.07) is 15.2. The van der Waals surface area contributed by atoms with Gasteiger partial charge in [0, 0.05) is 24.2 Å². The first-order chi connectivity index (χ1) is 11.5. The molecule has 2 aromatic rings. The number of amides is 2. The van der Waals surface area contributed by atoms with Crippen molar-refractivity contribution in [2.45, 2.75) is 20.3 Å². The molecule has 0 aliphatic carbocycles. The van der Waals surface area contributed by atoms with Crippen molar-refractivity contribution in [3.05, 3.63) is 64.7 Å². The Morgan fingerprint density at radius 3 is 2.46 bits per heavy atom. The molecule has 0 spiro atoms. The Bertz CT molecular complexity index is 717. The topological polar surface area (TPSA) is 49.4 Å². The largest absolute Gasteiger partial charge is 0.333 e. The molecule has 0 bridgehead atoms. The van der Waals surface area contributed by atoms with Crippen molar-refractivity contribution in [3.63, 3.8) is 0 Å². The Morgan fingerprint density at radius 2 is 1.79 bits per heavy atom. The normalized spacial score (nSPS) is 10.3. The van der Waals surface area contributed by atoms with Gasteiger partial charge in [0.2, 0.25) is 11.8 Å². The van der Waals surface area contributed by atoms with Crippen molar-refractivity contribution in [1.29, 1.82) is 0 Å². The lowest BCUT2D eigenvalue weighted by atomic mass is 10.1. The zero-order valence-corrected chi connectivity index (χ0v) is 14.6. The van der Waals surface area contributed by atoms with Gasteiger partial charge < -0.3 is 10.2 Å². The van der Waals surface area contributed by atoms with Gasteiger partial charge in [-0.05, 0) is 36.6 Å². The Morgan fingerprint density at radius 1 is 1.08 bits per heavy atom. The number of carbonyl (C=O) groups excluding carboxylic acids is 2. The van der Waals surface area contributed by atoms with E-state index in [4.69, 9.17) is 11.6 Å². The van der Waals surface area contributed by atoms with Gasteiger partial charge in [-0.2, -0.15) is 0 Å². The molecule has 0 aliphatic heterocycles. The van der Waals surface area contributed by atoms with Crippen LogP contribution in [0.2, 0.25) is 5.02 Å². The van der Waals surface area contributed by atoms with Crippen LogP contribution in [0.3, 0.4) is 0 Å². The molecule has 4 nitrogen and oxygen atoms in total. The van der Waals surface area contributed by atoms with Gasteiger partial charge in [0.25, 0.3) is 0 Å². The number of hydrogen-bond acceptors (Lipinski definition) is 2. The summed E-state index contributed by atoms with van der Waals surface area (Å²) in [7, 11) is 0. The van der Waals surface area contributed by atoms with E-state index in [1.165, 1.54) is 6.92 Å². The van der Waals surface area contributed by atoms with E-state index in [1.54, 1.807) is 23.1 Å². The average Bonchev–Trinajstić information content (AvgIpc) is 2.56. The minimum Gasteiger partial charge on any atom is -0.333 e. The molecule has 0 radical (unpaired) electrons. The van der Waals surface area contributed by atoms with E-state index in [0.717, 1.165) is 11.1 Å². The van der Waals surface area contributed by atoms with E-state index in [-0.39, 0.29) is 18.4 Å². The quantitative estimate of drug-likeness (QED) is 0.869. The standard InChI is InChI=1S/C19H21ClN2O2/c1-14-17(20)9-6-10-18(14)21-19(24)13-22(15(2)23)12-11-16-7-4-3-5-8-16/h3-10H,11-13H2,1-2H3,(H,21,24). The number of halogens is 1. The van der Waals surface area contributed by atoms with Crippen LogP contribution in [0.15, 0.2) is 48.5 Å². The number of carbonyl (C=O) groups is 2. The summed E-state index contributed by atoms with van der Waals surface area (Å²) in [5.74, 6) is -0.354.